The maximum atomic E-state index is 12.3. The molecular formula is C16H15N3O4S. The van der Waals surface area contributed by atoms with Gasteiger partial charge in [0, 0.05) is 24.9 Å². The number of carboxylic acid groups (broad SMARTS) is 1. The highest BCUT2D eigenvalue weighted by Crippen LogP contribution is 2.20. The third kappa shape index (κ3) is 3.33. The van der Waals surface area contributed by atoms with E-state index in [9.17, 15) is 19.5 Å². The van der Waals surface area contributed by atoms with Crippen LogP contribution in [0.4, 0.5) is 0 Å². The van der Waals surface area contributed by atoms with Gasteiger partial charge in [0.2, 0.25) is 0 Å². The van der Waals surface area contributed by atoms with E-state index in [2.05, 4.69) is 10.3 Å². The summed E-state index contributed by atoms with van der Waals surface area (Å²) in [6.45, 7) is 0.499. The highest BCUT2D eigenvalue weighted by Gasteiger charge is 2.25. The summed E-state index contributed by atoms with van der Waals surface area (Å²) in [5, 5.41) is 12.3. The molecule has 2 N–H and O–H groups in total. The van der Waals surface area contributed by atoms with E-state index in [1.165, 1.54) is 22.5 Å². The molecule has 0 bridgehead atoms. The van der Waals surface area contributed by atoms with Gasteiger partial charge >= 0.3 is 5.97 Å². The van der Waals surface area contributed by atoms with Gasteiger partial charge in [0.25, 0.3) is 11.5 Å². The minimum absolute atomic E-state index is 0.136. The van der Waals surface area contributed by atoms with E-state index in [1.54, 1.807) is 24.3 Å². The first kappa shape index (κ1) is 16.3. The molecule has 2 aromatic rings. The highest BCUT2D eigenvalue weighted by atomic mass is 32.2. The lowest BCUT2D eigenvalue weighted by Gasteiger charge is -2.14. The van der Waals surface area contributed by atoms with Gasteiger partial charge in [-0.3, -0.25) is 14.2 Å². The number of nitrogens with zero attached hydrogens (tertiary/aromatic N) is 2. The van der Waals surface area contributed by atoms with Crippen LogP contribution in [-0.4, -0.2) is 38.3 Å². The van der Waals surface area contributed by atoms with E-state index in [1.807, 2.05) is 6.07 Å². The number of amides is 1. The summed E-state index contributed by atoms with van der Waals surface area (Å²) in [6.07, 6.45) is 1.35. The van der Waals surface area contributed by atoms with Crippen molar-refractivity contribution in [2.45, 2.75) is 24.2 Å². The number of nitrogens with one attached hydrogen (secondary N) is 1. The van der Waals surface area contributed by atoms with E-state index in [0.29, 0.717) is 11.7 Å². The van der Waals surface area contributed by atoms with Gasteiger partial charge in [0.05, 0.1) is 0 Å². The summed E-state index contributed by atoms with van der Waals surface area (Å²) >= 11 is 1.45. The van der Waals surface area contributed by atoms with Crippen LogP contribution in [0.2, 0.25) is 0 Å². The normalized spacial score (nSPS) is 14.0. The number of hydrogen-bond acceptors (Lipinski definition) is 5. The monoisotopic (exact) mass is 345 g/mol. The van der Waals surface area contributed by atoms with E-state index < -0.39 is 23.5 Å². The standard InChI is InChI=1S/C16H15N3O4S/c20-13(11-9-17-16-19(14(11)21)6-7-24-16)18-12(15(22)23)8-10-4-2-1-3-5-10/h1-5,9,12H,6-8H2,(H,18,20)(H,22,23). The third-order valence-electron chi connectivity index (χ3n) is 3.69. The van der Waals surface area contributed by atoms with Gasteiger partial charge in [-0.1, -0.05) is 42.1 Å². The zero-order chi connectivity index (χ0) is 17.1. The van der Waals surface area contributed by atoms with Crippen molar-refractivity contribution in [1.82, 2.24) is 14.9 Å². The van der Waals surface area contributed by atoms with Crippen molar-refractivity contribution in [3.63, 3.8) is 0 Å². The van der Waals surface area contributed by atoms with Crippen molar-refractivity contribution >= 4 is 23.6 Å². The highest BCUT2D eigenvalue weighted by molar-refractivity contribution is 7.99. The first-order chi connectivity index (χ1) is 11.6. The molecule has 0 saturated carbocycles. The van der Waals surface area contributed by atoms with E-state index in [0.717, 1.165) is 11.3 Å². The molecule has 0 aliphatic carbocycles. The summed E-state index contributed by atoms with van der Waals surface area (Å²) in [5.41, 5.74) is 0.206. The Morgan fingerprint density at radius 3 is 2.79 bits per heavy atom. The summed E-state index contributed by atoms with van der Waals surface area (Å²) in [7, 11) is 0. The molecule has 1 aliphatic heterocycles. The molecule has 1 aromatic heterocycles. The van der Waals surface area contributed by atoms with Crippen molar-refractivity contribution in [2.75, 3.05) is 5.75 Å². The van der Waals surface area contributed by atoms with Gasteiger partial charge in [0.1, 0.15) is 11.6 Å². The number of thioether (sulfide) groups is 1. The first-order valence-electron chi connectivity index (χ1n) is 7.36. The zero-order valence-corrected chi connectivity index (χ0v) is 13.5. The SMILES string of the molecule is O=C(NC(Cc1ccccc1)C(=O)O)c1cnc2n(c1=O)CCS2. The lowest BCUT2D eigenvalue weighted by Crippen LogP contribution is -2.44. The molecule has 24 heavy (non-hydrogen) atoms. The van der Waals surface area contributed by atoms with Gasteiger partial charge in [-0.15, -0.1) is 0 Å². The first-order valence-corrected chi connectivity index (χ1v) is 8.35. The minimum Gasteiger partial charge on any atom is -0.480 e. The van der Waals surface area contributed by atoms with Crippen molar-refractivity contribution < 1.29 is 14.7 Å². The van der Waals surface area contributed by atoms with Crippen LogP contribution in [0, 0.1) is 0 Å². The van der Waals surface area contributed by atoms with Crippen LogP contribution in [0.5, 0.6) is 0 Å². The van der Waals surface area contributed by atoms with E-state index >= 15 is 0 Å². The van der Waals surface area contributed by atoms with E-state index in [4.69, 9.17) is 0 Å². The molecule has 3 rings (SSSR count). The van der Waals surface area contributed by atoms with Crippen LogP contribution in [-0.2, 0) is 17.8 Å². The molecule has 1 aromatic carbocycles. The molecule has 0 saturated heterocycles. The number of aliphatic carboxylic acids is 1. The Kier molecular flexibility index (Phi) is 4.66. The van der Waals surface area contributed by atoms with Gasteiger partial charge in [-0.05, 0) is 5.56 Å². The molecule has 0 spiro atoms. The van der Waals surface area contributed by atoms with Crippen molar-refractivity contribution in [3.05, 3.63) is 58.0 Å². The molecular weight excluding hydrogens is 330 g/mol. The molecule has 7 nitrogen and oxygen atoms in total. The number of aromatic nitrogens is 2. The number of fused-ring (bicyclic) bond motifs is 1. The Labute approximate surface area is 141 Å². The molecule has 0 fully saturated rings. The fraction of sp³-hybridized carbons (Fsp3) is 0.250. The van der Waals surface area contributed by atoms with Gasteiger partial charge < -0.3 is 10.4 Å². The fourth-order valence-electron chi connectivity index (χ4n) is 2.46. The second kappa shape index (κ2) is 6.88. The lowest BCUT2D eigenvalue weighted by atomic mass is 10.1. The predicted octanol–water partition coefficient (Wildman–Crippen LogP) is 0.775. The summed E-state index contributed by atoms with van der Waals surface area (Å²) in [5.74, 6) is -1.14. The molecule has 124 valence electrons. The Morgan fingerprint density at radius 2 is 2.08 bits per heavy atom. The Balaban J connectivity index is 1.79. The average molecular weight is 345 g/mol. The molecule has 1 atom stereocenters. The number of carboxylic acids is 1. The van der Waals surface area contributed by atoms with Gasteiger partial charge in [-0.25, -0.2) is 9.78 Å². The average Bonchev–Trinajstić information content (AvgIpc) is 3.05. The second-order valence-electron chi connectivity index (χ2n) is 5.31. The van der Waals surface area contributed by atoms with Gasteiger partial charge in [0.15, 0.2) is 5.16 Å². The van der Waals surface area contributed by atoms with Crippen LogP contribution in [0.25, 0.3) is 0 Å². The van der Waals surface area contributed by atoms with E-state index in [-0.39, 0.29) is 12.0 Å². The van der Waals surface area contributed by atoms with Crippen molar-refractivity contribution in [1.29, 1.82) is 0 Å². The minimum atomic E-state index is -1.16. The summed E-state index contributed by atoms with van der Waals surface area (Å²) in [4.78, 5) is 40.2. The molecule has 1 aliphatic rings. The molecule has 0 radical (unpaired) electrons. The number of rotatable bonds is 5. The smallest absolute Gasteiger partial charge is 0.326 e. The van der Waals surface area contributed by atoms with Crippen molar-refractivity contribution in [3.8, 4) is 0 Å². The maximum Gasteiger partial charge on any atom is 0.326 e. The third-order valence-corrected chi connectivity index (χ3v) is 4.66. The van der Waals surface area contributed by atoms with Crippen LogP contribution in [0.15, 0.2) is 46.5 Å². The quantitative estimate of drug-likeness (QED) is 0.777. The maximum absolute atomic E-state index is 12.3. The Hall–Kier alpha value is -2.61. The lowest BCUT2D eigenvalue weighted by molar-refractivity contribution is -0.139. The number of hydrogen-bond donors (Lipinski definition) is 2. The zero-order valence-electron chi connectivity index (χ0n) is 12.6. The fourth-order valence-corrected chi connectivity index (χ4v) is 3.37. The van der Waals surface area contributed by atoms with Crippen molar-refractivity contribution in [2.24, 2.45) is 0 Å². The predicted molar refractivity (Wildman–Crippen MR) is 88.3 cm³/mol. The molecule has 8 heteroatoms. The Bertz CT molecular complexity index is 835. The summed E-state index contributed by atoms with van der Waals surface area (Å²) < 4.78 is 1.44. The number of carbonyl (C=O) groups is 2. The largest absolute Gasteiger partial charge is 0.480 e. The van der Waals surface area contributed by atoms with Crippen LogP contribution in [0.3, 0.4) is 0 Å². The van der Waals surface area contributed by atoms with Crippen LogP contribution >= 0.6 is 11.8 Å². The second-order valence-corrected chi connectivity index (χ2v) is 6.38. The summed E-state index contributed by atoms with van der Waals surface area (Å²) in [6, 6.07) is 7.87. The number of carbonyl (C=O) groups excluding carboxylic acids is 1. The molecule has 2 heterocycles. The van der Waals surface area contributed by atoms with Crippen LogP contribution < -0.4 is 10.9 Å². The van der Waals surface area contributed by atoms with Gasteiger partial charge in [-0.2, -0.15) is 0 Å². The topological polar surface area (TPSA) is 101 Å². The molecule has 1 unspecified atom stereocenters. The molecule has 1 amide bonds. The Morgan fingerprint density at radius 1 is 1.33 bits per heavy atom. The number of benzene rings is 1. The van der Waals surface area contributed by atoms with Crippen LogP contribution in [0.1, 0.15) is 15.9 Å².